The maximum atomic E-state index is 12.2. The van der Waals surface area contributed by atoms with E-state index in [1.165, 1.54) is 10.9 Å². The highest BCUT2D eigenvalue weighted by molar-refractivity contribution is 7.71. The quantitative estimate of drug-likeness (QED) is 0.0956. The summed E-state index contributed by atoms with van der Waals surface area (Å²) in [5.74, 6) is 2.09. The van der Waals surface area contributed by atoms with Crippen molar-refractivity contribution >= 4 is 64.4 Å². The number of phosphoric acid groups is 3. The van der Waals surface area contributed by atoms with Crippen molar-refractivity contribution in [2.24, 2.45) is 0 Å². The van der Waals surface area contributed by atoms with Crippen LogP contribution >= 0.6 is 47.3 Å². The fourth-order valence-corrected chi connectivity index (χ4v) is 6.91. The number of anilines is 1. The lowest BCUT2D eigenvalue weighted by atomic mass is 9.97. The lowest BCUT2D eigenvalue weighted by Crippen LogP contribution is -2.43. The van der Waals surface area contributed by atoms with Crippen LogP contribution in [0.2, 0.25) is 0 Å². The number of terminal acetylenes is 1. The summed E-state index contributed by atoms with van der Waals surface area (Å²) in [5.41, 5.74) is 5.94. The third-order valence-corrected chi connectivity index (χ3v) is 9.23. The number of aromatic amines is 1. The molecule has 2 aromatic rings. The highest BCUT2D eigenvalue weighted by Crippen LogP contribution is 2.66. The lowest BCUT2D eigenvalue weighted by molar-refractivity contribution is -0.0728. The molecular formula is C13H17ClN5O12P3S. The molecule has 1 fully saturated rings. The Labute approximate surface area is 205 Å². The molecule has 35 heavy (non-hydrogen) atoms. The summed E-state index contributed by atoms with van der Waals surface area (Å²) < 4.78 is 53.5. The minimum absolute atomic E-state index is 0.0740. The number of aromatic nitrogens is 4. The molecule has 1 saturated heterocycles. The topological polar surface area (TPSA) is 262 Å². The molecule has 0 amide bonds. The molecule has 1 aliphatic heterocycles. The molecule has 0 aliphatic carbocycles. The van der Waals surface area contributed by atoms with Crippen molar-refractivity contribution in [3.05, 3.63) is 11.0 Å². The Morgan fingerprint density at radius 3 is 2.54 bits per heavy atom. The van der Waals surface area contributed by atoms with E-state index in [2.05, 4.69) is 29.5 Å². The van der Waals surface area contributed by atoms with E-state index in [4.69, 9.17) is 55.0 Å². The highest BCUT2D eigenvalue weighted by Gasteiger charge is 2.58. The summed E-state index contributed by atoms with van der Waals surface area (Å²) in [6.45, 7) is 1.08. The minimum Gasteiger partial charge on any atom is -0.387 e. The molecule has 3 heterocycles. The van der Waals surface area contributed by atoms with Gasteiger partial charge in [-0.25, -0.2) is 18.7 Å². The van der Waals surface area contributed by atoms with Gasteiger partial charge in [-0.2, -0.15) is 13.6 Å². The van der Waals surface area contributed by atoms with Crippen LogP contribution in [-0.2, 0) is 31.6 Å². The van der Waals surface area contributed by atoms with Crippen LogP contribution in [-0.4, -0.2) is 67.4 Å². The standard InChI is InChI=1S/C13H17ClN5O12P3S/c1-3-13(14)8(20)7(5(2)29-33(24,25)31-34(26,27)30-32(21,22)23)28-11(13)19-4-16-6-9(19)17-12(15)18-10(6)35/h1,4-5,7-8,11,20H,2H3,(H,24,25)(H,26,27)(H2,21,22,23)(H3,15,17,18,35)/t5-,7+,8-,11+,13?/m0/s1. The van der Waals surface area contributed by atoms with E-state index in [1.807, 2.05) is 0 Å². The van der Waals surface area contributed by atoms with Crippen molar-refractivity contribution in [3.63, 3.8) is 0 Å². The van der Waals surface area contributed by atoms with Crippen LogP contribution in [0.25, 0.3) is 11.2 Å². The smallest absolute Gasteiger partial charge is 0.387 e. The Hall–Kier alpha value is -1.25. The van der Waals surface area contributed by atoms with Gasteiger partial charge in [-0.1, -0.05) is 29.7 Å². The number of imidazole rings is 1. The van der Waals surface area contributed by atoms with Crippen molar-refractivity contribution in [2.75, 3.05) is 5.73 Å². The van der Waals surface area contributed by atoms with Gasteiger partial charge in [0.05, 0.1) is 12.4 Å². The molecular weight excluding hydrogens is 579 g/mol. The van der Waals surface area contributed by atoms with Gasteiger partial charge in [0.15, 0.2) is 16.7 Å². The molecule has 1 aliphatic rings. The highest BCUT2D eigenvalue weighted by atomic mass is 35.5. The predicted octanol–water partition coefficient (Wildman–Crippen LogP) is 0.672. The van der Waals surface area contributed by atoms with Crippen molar-refractivity contribution < 1.29 is 56.3 Å². The number of nitrogens with one attached hydrogen (secondary N) is 1. The van der Waals surface area contributed by atoms with Gasteiger partial charge < -0.3 is 40.1 Å². The summed E-state index contributed by atoms with van der Waals surface area (Å²) >= 11 is 11.6. The number of hydrogen-bond donors (Lipinski definition) is 7. The number of alkyl halides is 1. The molecule has 0 radical (unpaired) electrons. The van der Waals surface area contributed by atoms with Gasteiger partial charge in [0.1, 0.15) is 22.4 Å². The molecule has 17 nitrogen and oxygen atoms in total. The van der Waals surface area contributed by atoms with Gasteiger partial charge >= 0.3 is 23.5 Å². The number of nitrogens with two attached hydrogens (primary N) is 1. The van der Waals surface area contributed by atoms with E-state index in [9.17, 15) is 28.6 Å². The van der Waals surface area contributed by atoms with Crippen LogP contribution < -0.4 is 5.73 Å². The first-order valence-electron chi connectivity index (χ1n) is 8.94. The molecule has 194 valence electrons. The van der Waals surface area contributed by atoms with Gasteiger partial charge in [-0.15, -0.1) is 6.42 Å². The number of fused-ring (bicyclic) bond motifs is 1. The molecule has 0 spiro atoms. The fourth-order valence-electron chi connectivity index (χ4n) is 3.18. The van der Waals surface area contributed by atoms with Crippen LogP contribution in [0.4, 0.5) is 5.95 Å². The number of nitrogens with zero attached hydrogens (tertiary/aromatic N) is 3. The minimum atomic E-state index is -5.77. The number of aliphatic hydroxyl groups excluding tert-OH is 1. The molecule has 3 rings (SSSR count). The molecule has 22 heteroatoms. The van der Waals surface area contributed by atoms with Crippen LogP contribution in [0.5, 0.6) is 0 Å². The van der Waals surface area contributed by atoms with Crippen molar-refractivity contribution in [1.29, 1.82) is 0 Å². The summed E-state index contributed by atoms with van der Waals surface area (Å²) in [5, 5.41) is 10.8. The second kappa shape index (κ2) is 9.56. The molecule has 3 unspecified atom stereocenters. The number of phosphoric ester groups is 1. The number of H-pyrrole nitrogens is 1. The SMILES string of the molecule is C#CC1(Cl)[C@@H](O)[C@@H]([C@H](C)OP(=O)(O)OP(=O)(O)OP(=O)(O)O)O[C@H]1n1cnc2c(=S)[nH]c(N)nc21. The average molecular weight is 596 g/mol. The Bertz CT molecular complexity index is 1390. The zero-order chi connectivity index (χ0) is 26.6. The monoisotopic (exact) mass is 595 g/mol. The Kier molecular flexibility index (Phi) is 7.74. The van der Waals surface area contributed by atoms with E-state index >= 15 is 0 Å². The first kappa shape index (κ1) is 28.3. The molecule has 0 saturated carbocycles. The van der Waals surface area contributed by atoms with E-state index in [1.54, 1.807) is 0 Å². The number of halogens is 1. The Balaban J connectivity index is 1.89. The molecule has 0 aromatic carbocycles. The maximum Gasteiger partial charge on any atom is 0.490 e. The van der Waals surface area contributed by atoms with E-state index < -0.39 is 52.9 Å². The van der Waals surface area contributed by atoms with Gasteiger partial charge in [0.2, 0.25) is 5.95 Å². The van der Waals surface area contributed by atoms with Crippen LogP contribution in [0, 0.1) is 17.0 Å². The average Bonchev–Trinajstić information content (AvgIpc) is 3.18. The number of nitrogen functional groups attached to an aromatic ring is 1. The van der Waals surface area contributed by atoms with Gasteiger partial charge in [0.25, 0.3) is 0 Å². The predicted molar refractivity (Wildman–Crippen MR) is 119 cm³/mol. The summed E-state index contributed by atoms with van der Waals surface area (Å²) in [6, 6.07) is 0. The maximum absolute atomic E-state index is 12.2. The van der Waals surface area contributed by atoms with Crippen LogP contribution in [0.1, 0.15) is 13.2 Å². The summed E-state index contributed by atoms with van der Waals surface area (Å²) in [4.78, 5) is 45.0. The van der Waals surface area contributed by atoms with Crippen molar-refractivity contribution in [2.45, 2.75) is 36.3 Å². The Morgan fingerprint density at radius 1 is 1.34 bits per heavy atom. The number of hydrogen-bond acceptors (Lipinski definition) is 12. The number of rotatable bonds is 8. The van der Waals surface area contributed by atoms with Crippen LogP contribution in [0.3, 0.4) is 0 Å². The second-order valence-corrected chi connectivity index (χ2v) is 12.4. The summed E-state index contributed by atoms with van der Waals surface area (Å²) in [7, 11) is -16.9. The summed E-state index contributed by atoms with van der Waals surface area (Å²) in [6.07, 6.45) is 0.353. The lowest BCUT2D eigenvalue weighted by Gasteiger charge is -2.26. The van der Waals surface area contributed by atoms with E-state index in [0.29, 0.717) is 0 Å². The second-order valence-electron chi connectivity index (χ2n) is 6.99. The third-order valence-electron chi connectivity index (χ3n) is 4.49. The third kappa shape index (κ3) is 6.02. The van der Waals surface area contributed by atoms with Gasteiger partial charge in [0, 0.05) is 0 Å². The zero-order valence-electron chi connectivity index (χ0n) is 17.1. The number of ether oxygens (including phenoxy) is 1. The normalized spacial score (nSPS) is 29.4. The Morgan fingerprint density at radius 2 is 1.97 bits per heavy atom. The van der Waals surface area contributed by atoms with E-state index in [0.717, 1.165) is 6.92 Å². The zero-order valence-corrected chi connectivity index (χ0v) is 21.4. The first-order valence-corrected chi connectivity index (χ1v) is 14.2. The van der Waals surface area contributed by atoms with Gasteiger partial charge in [-0.3, -0.25) is 9.09 Å². The molecule has 8 N–H and O–H groups in total. The first-order chi connectivity index (χ1) is 15.9. The van der Waals surface area contributed by atoms with Crippen molar-refractivity contribution in [3.8, 4) is 12.3 Å². The largest absolute Gasteiger partial charge is 0.490 e. The molecule has 0 bridgehead atoms. The van der Waals surface area contributed by atoms with Crippen molar-refractivity contribution in [1.82, 2.24) is 19.5 Å². The molecule has 7 atom stereocenters. The van der Waals surface area contributed by atoms with Crippen LogP contribution in [0.15, 0.2) is 6.33 Å². The fraction of sp³-hybridized carbons (Fsp3) is 0.462. The van der Waals surface area contributed by atoms with E-state index in [-0.39, 0.29) is 21.8 Å². The van der Waals surface area contributed by atoms with Gasteiger partial charge in [-0.05, 0) is 6.92 Å². The number of aliphatic hydroxyl groups is 1. The molecule has 2 aromatic heterocycles.